The Morgan fingerprint density at radius 3 is 2.35 bits per heavy atom. The molecule has 2 unspecified atom stereocenters. The van der Waals surface area contributed by atoms with Crippen LogP contribution in [0.1, 0.15) is 44.2 Å². The molecule has 1 aliphatic heterocycles. The van der Waals surface area contributed by atoms with Crippen LogP contribution >= 0.6 is 0 Å². The van der Waals surface area contributed by atoms with Crippen molar-refractivity contribution in [2.24, 2.45) is 11.1 Å². The van der Waals surface area contributed by atoms with E-state index in [1.165, 1.54) is 11.1 Å². The van der Waals surface area contributed by atoms with E-state index in [0.29, 0.717) is 12.5 Å². The van der Waals surface area contributed by atoms with Crippen molar-refractivity contribution in [3.8, 4) is 0 Å². The van der Waals surface area contributed by atoms with Crippen LogP contribution in [0.2, 0.25) is 0 Å². The number of nitrogens with zero attached hydrogens (tertiary/aromatic N) is 1. The summed E-state index contributed by atoms with van der Waals surface area (Å²) in [6, 6.07) is 8.66. The number of carbonyl (C=O) groups excluding carboxylic acids is 1. The predicted octanol–water partition coefficient (Wildman–Crippen LogP) is 2.68. The Morgan fingerprint density at radius 2 is 1.80 bits per heavy atom. The highest BCUT2D eigenvalue weighted by atomic mass is 16.2. The molecule has 0 spiro atoms. The number of nitrogens with two attached hydrogens (primary N) is 1. The van der Waals surface area contributed by atoms with Gasteiger partial charge >= 0.3 is 0 Å². The number of hydrogen-bond donors (Lipinski definition) is 1. The Kier molecular flexibility index (Phi) is 4.19. The van der Waals surface area contributed by atoms with Crippen molar-refractivity contribution in [1.82, 2.24) is 4.90 Å². The van der Waals surface area contributed by atoms with Gasteiger partial charge in [-0.2, -0.15) is 0 Å². The highest BCUT2D eigenvalue weighted by Gasteiger charge is 2.33. The Labute approximate surface area is 122 Å². The molecule has 1 amide bonds. The van der Waals surface area contributed by atoms with Crippen LogP contribution < -0.4 is 5.73 Å². The van der Waals surface area contributed by atoms with Crippen molar-refractivity contribution < 1.29 is 4.79 Å². The number of aryl methyl sites for hydroxylation is 1. The molecule has 1 fully saturated rings. The summed E-state index contributed by atoms with van der Waals surface area (Å²) in [6.45, 7) is 9.46. The summed E-state index contributed by atoms with van der Waals surface area (Å²) in [7, 11) is 0. The third-order valence-corrected chi connectivity index (χ3v) is 3.96. The first kappa shape index (κ1) is 15.0. The van der Waals surface area contributed by atoms with Crippen molar-refractivity contribution >= 4 is 5.91 Å². The molecule has 0 aliphatic carbocycles. The van der Waals surface area contributed by atoms with Crippen LogP contribution in [0.3, 0.4) is 0 Å². The molecular weight excluding hydrogens is 248 g/mol. The van der Waals surface area contributed by atoms with Gasteiger partial charge in [0.15, 0.2) is 0 Å². The topological polar surface area (TPSA) is 46.3 Å². The van der Waals surface area contributed by atoms with Crippen molar-refractivity contribution in [2.45, 2.75) is 46.1 Å². The molecule has 0 aromatic heterocycles. The number of likely N-dealkylation sites (tertiary alicyclic amines) is 1. The van der Waals surface area contributed by atoms with Crippen LogP contribution in [0, 0.1) is 12.3 Å². The second-order valence-corrected chi connectivity index (χ2v) is 7.06. The zero-order valence-electron chi connectivity index (χ0n) is 13.0. The summed E-state index contributed by atoms with van der Waals surface area (Å²) in [6.07, 6.45) is 0.955. The lowest BCUT2D eigenvalue weighted by Crippen LogP contribution is -2.51. The second kappa shape index (κ2) is 5.57. The maximum atomic E-state index is 12.5. The quantitative estimate of drug-likeness (QED) is 0.856. The molecule has 0 radical (unpaired) electrons. The van der Waals surface area contributed by atoms with E-state index in [-0.39, 0.29) is 17.4 Å². The Morgan fingerprint density at radius 1 is 1.20 bits per heavy atom. The number of rotatable bonds is 1. The number of carbonyl (C=O) groups is 1. The number of benzene rings is 1. The number of hydrogen-bond acceptors (Lipinski definition) is 2. The molecule has 1 aromatic carbocycles. The summed E-state index contributed by atoms with van der Waals surface area (Å²) in [5.41, 5.74) is 8.38. The normalized spacial score (nSPS) is 23.8. The Hall–Kier alpha value is -1.35. The van der Waals surface area contributed by atoms with Gasteiger partial charge in [-0.05, 0) is 18.9 Å². The van der Waals surface area contributed by atoms with E-state index >= 15 is 0 Å². The molecule has 0 bridgehead atoms. The summed E-state index contributed by atoms with van der Waals surface area (Å²) in [5, 5.41) is 0. The standard InChI is InChI=1S/C17H26N2O/c1-12-5-7-13(8-6-12)14-9-15(18)11-19(10-14)16(20)17(2,3)4/h5-8,14-15H,9-11,18H2,1-4H3. The summed E-state index contributed by atoms with van der Waals surface area (Å²) >= 11 is 0. The lowest BCUT2D eigenvalue weighted by Gasteiger charge is -2.39. The minimum absolute atomic E-state index is 0.0707. The molecule has 110 valence electrons. The monoisotopic (exact) mass is 274 g/mol. The summed E-state index contributed by atoms with van der Waals surface area (Å²) < 4.78 is 0. The molecule has 20 heavy (non-hydrogen) atoms. The van der Waals surface area contributed by atoms with E-state index in [2.05, 4.69) is 31.2 Å². The average molecular weight is 274 g/mol. The largest absolute Gasteiger partial charge is 0.340 e. The van der Waals surface area contributed by atoms with Crippen LogP contribution in [-0.2, 0) is 4.79 Å². The van der Waals surface area contributed by atoms with Crippen LogP contribution in [0.15, 0.2) is 24.3 Å². The smallest absolute Gasteiger partial charge is 0.228 e. The van der Waals surface area contributed by atoms with Crippen molar-refractivity contribution in [3.63, 3.8) is 0 Å². The van der Waals surface area contributed by atoms with Gasteiger partial charge in [0, 0.05) is 30.5 Å². The highest BCUT2D eigenvalue weighted by Crippen LogP contribution is 2.29. The van der Waals surface area contributed by atoms with E-state index in [4.69, 9.17) is 5.73 Å². The fourth-order valence-electron chi connectivity index (χ4n) is 2.86. The Bertz CT molecular complexity index is 473. The third-order valence-electron chi connectivity index (χ3n) is 3.96. The zero-order valence-corrected chi connectivity index (χ0v) is 13.0. The molecule has 3 heteroatoms. The molecular formula is C17H26N2O. The van der Waals surface area contributed by atoms with E-state index < -0.39 is 0 Å². The maximum absolute atomic E-state index is 12.5. The fraction of sp³-hybridized carbons (Fsp3) is 0.588. The lowest BCUT2D eigenvalue weighted by molar-refractivity contribution is -0.141. The van der Waals surface area contributed by atoms with Crippen LogP contribution in [0.4, 0.5) is 0 Å². The van der Waals surface area contributed by atoms with Gasteiger partial charge in [-0.15, -0.1) is 0 Å². The van der Waals surface area contributed by atoms with Gasteiger partial charge in [-0.3, -0.25) is 4.79 Å². The molecule has 2 atom stereocenters. The minimum atomic E-state index is -0.338. The first-order chi connectivity index (χ1) is 9.27. The highest BCUT2D eigenvalue weighted by molar-refractivity contribution is 5.81. The number of amides is 1. The minimum Gasteiger partial charge on any atom is -0.340 e. The molecule has 2 rings (SSSR count). The Balaban J connectivity index is 2.16. The van der Waals surface area contributed by atoms with Crippen LogP contribution in [0.25, 0.3) is 0 Å². The lowest BCUT2D eigenvalue weighted by atomic mass is 9.86. The van der Waals surface area contributed by atoms with E-state index in [1.807, 2.05) is 25.7 Å². The van der Waals surface area contributed by atoms with E-state index in [0.717, 1.165) is 13.0 Å². The number of piperidine rings is 1. The fourth-order valence-corrected chi connectivity index (χ4v) is 2.86. The molecule has 1 heterocycles. The summed E-state index contributed by atoms with van der Waals surface area (Å²) in [4.78, 5) is 14.4. The van der Waals surface area contributed by atoms with Gasteiger partial charge in [-0.1, -0.05) is 50.6 Å². The molecule has 2 N–H and O–H groups in total. The zero-order chi connectivity index (χ0) is 14.9. The van der Waals surface area contributed by atoms with E-state index in [1.54, 1.807) is 0 Å². The van der Waals surface area contributed by atoms with Gasteiger partial charge in [0.1, 0.15) is 0 Å². The summed E-state index contributed by atoms with van der Waals surface area (Å²) in [5.74, 6) is 0.551. The van der Waals surface area contributed by atoms with Gasteiger partial charge in [0.05, 0.1) is 0 Å². The van der Waals surface area contributed by atoms with Crippen LogP contribution in [-0.4, -0.2) is 29.9 Å². The molecule has 1 aliphatic rings. The molecule has 1 saturated heterocycles. The first-order valence-electron chi connectivity index (χ1n) is 7.39. The van der Waals surface area contributed by atoms with Crippen molar-refractivity contribution in [3.05, 3.63) is 35.4 Å². The van der Waals surface area contributed by atoms with Crippen molar-refractivity contribution in [2.75, 3.05) is 13.1 Å². The van der Waals surface area contributed by atoms with Gasteiger partial charge in [-0.25, -0.2) is 0 Å². The predicted molar refractivity (Wildman–Crippen MR) is 82.5 cm³/mol. The van der Waals surface area contributed by atoms with E-state index in [9.17, 15) is 4.79 Å². The maximum Gasteiger partial charge on any atom is 0.228 e. The third kappa shape index (κ3) is 3.40. The van der Waals surface area contributed by atoms with Gasteiger partial charge in [0.25, 0.3) is 0 Å². The van der Waals surface area contributed by atoms with Gasteiger partial charge < -0.3 is 10.6 Å². The molecule has 3 nitrogen and oxygen atoms in total. The SMILES string of the molecule is Cc1ccc(C2CC(N)CN(C(=O)C(C)(C)C)C2)cc1. The average Bonchev–Trinajstić information content (AvgIpc) is 2.37. The van der Waals surface area contributed by atoms with Crippen LogP contribution in [0.5, 0.6) is 0 Å². The molecule has 0 saturated carbocycles. The van der Waals surface area contributed by atoms with Gasteiger partial charge in [0.2, 0.25) is 5.91 Å². The second-order valence-electron chi connectivity index (χ2n) is 7.06. The first-order valence-corrected chi connectivity index (χ1v) is 7.39. The van der Waals surface area contributed by atoms with Crippen molar-refractivity contribution in [1.29, 1.82) is 0 Å². The molecule has 1 aromatic rings.